The van der Waals surface area contributed by atoms with Gasteiger partial charge in [0.2, 0.25) is 0 Å². The summed E-state index contributed by atoms with van der Waals surface area (Å²) in [6.45, 7) is 8.74. The zero-order valence-corrected chi connectivity index (χ0v) is 12.5. The molecule has 0 aliphatic rings. The van der Waals surface area contributed by atoms with Crippen LogP contribution in [0.15, 0.2) is 6.20 Å². The third-order valence-corrected chi connectivity index (χ3v) is 3.71. The summed E-state index contributed by atoms with van der Waals surface area (Å²) in [5, 5.41) is 4.34. The van der Waals surface area contributed by atoms with E-state index in [0.29, 0.717) is 12.4 Å². The van der Waals surface area contributed by atoms with E-state index in [2.05, 4.69) is 34.1 Å². The van der Waals surface area contributed by atoms with Crippen LogP contribution in [-0.2, 0) is 6.54 Å². The topological polar surface area (TPSA) is 76.7 Å². The Morgan fingerprint density at radius 3 is 2.63 bits per heavy atom. The van der Waals surface area contributed by atoms with Gasteiger partial charge in [0.05, 0.1) is 6.54 Å². The van der Waals surface area contributed by atoms with E-state index in [9.17, 15) is 0 Å². The number of anilines is 2. The van der Waals surface area contributed by atoms with Crippen LogP contribution in [0.2, 0.25) is 0 Å². The van der Waals surface area contributed by atoms with E-state index in [1.165, 1.54) is 4.88 Å². The molecule has 0 unspecified atom stereocenters. The maximum atomic E-state index is 5.93. The average Bonchev–Trinajstić information content (AvgIpc) is 2.76. The number of thiazole rings is 1. The molecule has 5 nitrogen and oxygen atoms in total. The lowest BCUT2D eigenvalue weighted by molar-refractivity contribution is 0.774. The van der Waals surface area contributed by atoms with Crippen molar-refractivity contribution in [3.05, 3.63) is 27.5 Å². The van der Waals surface area contributed by atoms with Crippen molar-refractivity contribution < 1.29 is 0 Å². The van der Waals surface area contributed by atoms with E-state index in [4.69, 9.17) is 5.73 Å². The van der Waals surface area contributed by atoms with Crippen LogP contribution in [0.25, 0.3) is 0 Å². The molecule has 0 spiro atoms. The first-order chi connectivity index (χ1) is 8.97. The van der Waals surface area contributed by atoms with Crippen molar-refractivity contribution in [3.8, 4) is 0 Å². The highest BCUT2D eigenvalue weighted by Crippen LogP contribution is 2.22. The molecule has 0 atom stereocenters. The predicted molar refractivity (Wildman–Crippen MR) is 79.4 cm³/mol. The molecule has 19 heavy (non-hydrogen) atoms. The lowest BCUT2D eigenvalue weighted by atomic mass is 10.2. The van der Waals surface area contributed by atoms with E-state index in [1.54, 1.807) is 11.3 Å². The summed E-state index contributed by atoms with van der Waals surface area (Å²) in [6, 6.07) is 0. The highest BCUT2D eigenvalue weighted by molar-refractivity contribution is 7.11. The second kappa shape index (κ2) is 5.52. The monoisotopic (exact) mass is 277 g/mol. The molecule has 6 heteroatoms. The number of nitrogen functional groups attached to an aromatic ring is 1. The molecular formula is C13H19N5S. The lowest BCUT2D eigenvalue weighted by Gasteiger charge is -2.12. The van der Waals surface area contributed by atoms with Crippen LogP contribution in [0, 0.1) is 13.8 Å². The molecule has 0 fully saturated rings. The minimum atomic E-state index is 0.255. The van der Waals surface area contributed by atoms with Crippen LogP contribution >= 0.6 is 11.3 Å². The summed E-state index contributed by atoms with van der Waals surface area (Å²) in [4.78, 5) is 14.4. The van der Waals surface area contributed by atoms with Gasteiger partial charge >= 0.3 is 0 Å². The van der Waals surface area contributed by atoms with Gasteiger partial charge < -0.3 is 11.1 Å². The van der Waals surface area contributed by atoms with Crippen LogP contribution in [0.4, 0.5) is 11.6 Å². The summed E-state index contributed by atoms with van der Waals surface area (Å²) >= 11 is 1.68. The SMILES string of the molecule is Cc1cnc(CNc2nc(C(C)C)nc(N)c2C)s1. The number of hydrogen-bond donors (Lipinski definition) is 2. The van der Waals surface area contributed by atoms with Gasteiger partial charge in [-0.25, -0.2) is 15.0 Å². The first-order valence-corrected chi connectivity index (χ1v) is 7.08. The number of nitrogens with zero attached hydrogens (tertiary/aromatic N) is 3. The van der Waals surface area contributed by atoms with E-state index in [-0.39, 0.29) is 5.92 Å². The molecule has 0 amide bonds. The van der Waals surface area contributed by atoms with E-state index in [0.717, 1.165) is 22.2 Å². The Balaban J connectivity index is 2.19. The zero-order chi connectivity index (χ0) is 14.0. The Morgan fingerprint density at radius 2 is 2.05 bits per heavy atom. The van der Waals surface area contributed by atoms with Gasteiger partial charge in [-0.3, -0.25) is 0 Å². The lowest BCUT2D eigenvalue weighted by Crippen LogP contribution is -2.10. The molecule has 0 radical (unpaired) electrons. The average molecular weight is 277 g/mol. The molecular weight excluding hydrogens is 258 g/mol. The first kappa shape index (κ1) is 13.7. The van der Waals surface area contributed by atoms with Crippen molar-refractivity contribution in [1.29, 1.82) is 0 Å². The molecule has 0 saturated carbocycles. The number of aryl methyl sites for hydroxylation is 1. The fourth-order valence-electron chi connectivity index (χ4n) is 1.62. The standard InChI is InChI=1S/C13H19N5S/c1-7(2)12-17-11(14)9(4)13(18-12)16-6-10-15-5-8(3)19-10/h5,7H,6H2,1-4H3,(H3,14,16,17,18). The maximum absolute atomic E-state index is 5.93. The molecule has 2 heterocycles. The summed E-state index contributed by atoms with van der Waals surface area (Å²) in [5.74, 6) is 2.35. The molecule has 2 aromatic rings. The van der Waals surface area contributed by atoms with Crippen LogP contribution in [0.5, 0.6) is 0 Å². The third-order valence-electron chi connectivity index (χ3n) is 2.79. The Kier molecular flexibility index (Phi) is 3.99. The van der Waals surface area contributed by atoms with Crippen LogP contribution in [0.1, 0.15) is 41.0 Å². The highest BCUT2D eigenvalue weighted by Gasteiger charge is 2.11. The fraction of sp³-hybridized carbons (Fsp3) is 0.462. The van der Waals surface area contributed by atoms with Crippen molar-refractivity contribution in [3.63, 3.8) is 0 Å². The largest absolute Gasteiger partial charge is 0.383 e. The summed E-state index contributed by atoms with van der Waals surface area (Å²) < 4.78 is 0. The maximum Gasteiger partial charge on any atom is 0.135 e. The summed E-state index contributed by atoms with van der Waals surface area (Å²) in [6.07, 6.45) is 1.88. The van der Waals surface area contributed by atoms with Gasteiger partial charge in [-0.2, -0.15) is 0 Å². The van der Waals surface area contributed by atoms with Gasteiger partial charge in [0.1, 0.15) is 22.5 Å². The van der Waals surface area contributed by atoms with Crippen LogP contribution in [-0.4, -0.2) is 15.0 Å². The molecule has 102 valence electrons. The Morgan fingerprint density at radius 1 is 1.32 bits per heavy atom. The number of rotatable bonds is 4. The van der Waals surface area contributed by atoms with Gasteiger partial charge in [0, 0.05) is 22.6 Å². The van der Waals surface area contributed by atoms with Gasteiger partial charge in [-0.15, -0.1) is 11.3 Å². The number of hydrogen-bond acceptors (Lipinski definition) is 6. The normalized spacial score (nSPS) is 11.0. The number of nitrogens with one attached hydrogen (secondary N) is 1. The second-order valence-electron chi connectivity index (χ2n) is 4.81. The quantitative estimate of drug-likeness (QED) is 0.898. The van der Waals surface area contributed by atoms with E-state index >= 15 is 0 Å². The molecule has 2 rings (SSSR count). The van der Waals surface area contributed by atoms with Crippen molar-refractivity contribution in [2.75, 3.05) is 11.1 Å². The van der Waals surface area contributed by atoms with E-state index in [1.807, 2.05) is 20.0 Å². The smallest absolute Gasteiger partial charge is 0.135 e. The van der Waals surface area contributed by atoms with Gasteiger partial charge in [0.25, 0.3) is 0 Å². The molecule has 0 saturated heterocycles. The van der Waals surface area contributed by atoms with Crippen molar-refractivity contribution >= 4 is 23.0 Å². The van der Waals surface area contributed by atoms with Crippen LogP contribution < -0.4 is 11.1 Å². The molecule has 0 aliphatic carbocycles. The van der Waals surface area contributed by atoms with Gasteiger partial charge in [0.15, 0.2) is 0 Å². The molecule has 3 N–H and O–H groups in total. The molecule has 0 aromatic carbocycles. The van der Waals surface area contributed by atoms with Crippen molar-refractivity contribution in [2.24, 2.45) is 0 Å². The Bertz CT molecular complexity index is 576. The van der Waals surface area contributed by atoms with Crippen LogP contribution in [0.3, 0.4) is 0 Å². The minimum absolute atomic E-state index is 0.255. The van der Waals surface area contributed by atoms with Crippen molar-refractivity contribution in [1.82, 2.24) is 15.0 Å². The van der Waals surface area contributed by atoms with Gasteiger partial charge in [-0.1, -0.05) is 13.8 Å². The third kappa shape index (κ3) is 3.20. The Hall–Kier alpha value is -1.69. The number of nitrogens with two attached hydrogens (primary N) is 1. The molecule has 2 aromatic heterocycles. The number of aromatic nitrogens is 3. The summed E-state index contributed by atoms with van der Waals surface area (Å²) in [5.41, 5.74) is 6.81. The molecule has 0 aliphatic heterocycles. The second-order valence-corrected chi connectivity index (χ2v) is 6.13. The van der Waals surface area contributed by atoms with E-state index < -0.39 is 0 Å². The predicted octanol–water partition coefficient (Wildman–Crippen LogP) is 2.87. The highest BCUT2D eigenvalue weighted by atomic mass is 32.1. The minimum Gasteiger partial charge on any atom is -0.383 e. The first-order valence-electron chi connectivity index (χ1n) is 6.26. The van der Waals surface area contributed by atoms with Crippen molar-refractivity contribution in [2.45, 2.75) is 40.2 Å². The summed E-state index contributed by atoms with van der Waals surface area (Å²) in [7, 11) is 0. The Labute approximate surface area is 117 Å². The zero-order valence-electron chi connectivity index (χ0n) is 11.7. The molecule has 0 bridgehead atoms. The fourth-order valence-corrected chi connectivity index (χ4v) is 2.35. The van der Waals surface area contributed by atoms with Gasteiger partial charge in [-0.05, 0) is 13.8 Å².